The normalized spacial score (nSPS) is 22.6. The van der Waals surface area contributed by atoms with Gasteiger partial charge < -0.3 is 15.3 Å². The molecule has 0 aromatic heterocycles. The van der Waals surface area contributed by atoms with Crippen molar-refractivity contribution < 1.29 is 9.50 Å². The van der Waals surface area contributed by atoms with E-state index in [1.165, 1.54) is 12.8 Å². The molecule has 0 amide bonds. The molecule has 1 unspecified atom stereocenters. The van der Waals surface area contributed by atoms with Crippen molar-refractivity contribution in [2.24, 2.45) is 5.92 Å². The highest BCUT2D eigenvalue weighted by Gasteiger charge is 2.22. The zero-order valence-corrected chi connectivity index (χ0v) is 12.5. The zero-order valence-electron chi connectivity index (χ0n) is 12.5. The molecule has 2 N–H and O–H groups in total. The van der Waals surface area contributed by atoms with E-state index in [0.29, 0.717) is 17.6 Å². The second kappa shape index (κ2) is 6.75. The fourth-order valence-electron chi connectivity index (χ4n) is 3.17. The van der Waals surface area contributed by atoms with Crippen LogP contribution in [0.3, 0.4) is 0 Å². The highest BCUT2D eigenvalue weighted by atomic mass is 19.1. The molecule has 3 rings (SSSR count). The molecular formula is C17H25FN2O. The van der Waals surface area contributed by atoms with Crippen molar-refractivity contribution >= 4 is 5.69 Å². The van der Waals surface area contributed by atoms with Crippen molar-refractivity contribution in [2.45, 2.75) is 44.7 Å². The summed E-state index contributed by atoms with van der Waals surface area (Å²) >= 11 is 0. The van der Waals surface area contributed by atoms with E-state index in [4.69, 9.17) is 5.11 Å². The number of anilines is 1. The Morgan fingerprint density at radius 2 is 2.14 bits per heavy atom. The Hall–Kier alpha value is -1.13. The number of rotatable bonds is 6. The SMILES string of the molecule is OCCC1CCCN(c2ccc(CNC3CC3)cc2F)C1. The van der Waals surface area contributed by atoms with Gasteiger partial charge in [0.2, 0.25) is 0 Å². The molecule has 0 bridgehead atoms. The smallest absolute Gasteiger partial charge is 0.146 e. The van der Waals surface area contributed by atoms with Gasteiger partial charge in [0.15, 0.2) is 0 Å². The van der Waals surface area contributed by atoms with Crippen LogP contribution >= 0.6 is 0 Å². The van der Waals surface area contributed by atoms with Crippen molar-refractivity contribution in [3.63, 3.8) is 0 Å². The van der Waals surface area contributed by atoms with E-state index in [0.717, 1.165) is 44.5 Å². The number of hydrogen-bond acceptors (Lipinski definition) is 3. The van der Waals surface area contributed by atoms with Crippen LogP contribution in [0.1, 0.15) is 37.7 Å². The topological polar surface area (TPSA) is 35.5 Å². The van der Waals surface area contributed by atoms with Gasteiger partial charge in [-0.3, -0.25) is 0 Å². The summed E-state index contributed by atoms with van der Waals surface area (Å²) in [6.07, 6.45) is 5.54. The molecule has 1 aliphatic heterocycles. The van der Waals surface area contributed by atoms with Gasteiger partial charge in [0, 0.05) is 32.3 Å². The Morgan fingerprint density at radius 1 is 1.29 bits per heavy atom. The predicted molar refractivity (Wildman–Crippen MR) is 82.9 cm³/mol. The van der Waals surface area contributed by atoms with E-state index in [-0.39, 0.29) is 12.4 Å². The number of nitrogens with one attached hydrogen (secondary N) is 1. The Morgan fingerprint density at radius 3 is 2.86 bits per heavy atom. The molecule has 1 atom stereocenters. The fraction of sp³-hybridized carbons (Fsp3) is 0.647. The van der Waals surface area contributed by atoms with Crippen LogP contribution in [0.25, 0.3) is 0 Å². The second-order valence-corrected chi connectivity index (χ2v) is 6.41. The Bertz CT molecular complexity index is 474. The zero-order chi connectivity index (χ0) is 14.7. The molecule has 1 saturated heterocycles. The number of aliphatic hydroxyl groups excluding tert-OH is 1. The monoisotopic (exact) mass is 292 g/mol. The van der Waals surface area contributed by atoms with E-state index in [2.05, 4.69) is 10.2 Å². The van der Waals surface area contributed by atoms with Crippen molar-refractivity contribution in [1.82, 2.24) is 5.32 Å². The summed E-state index contributed by atoms with van der Waals surface area (Å²) < 4.78 is 14.4. The maximum Gasteiger partial charge on any atom is 0.146 e. The lowest BCUT2D eigenvalue weighted by Crippen LogP contribution is -2.36. The van der Waals surface area contributed by atoms with Crippen LogP contribution in [-0.2, 0) is 6.54 Å². The van der Waals surface area contributed by atoms with Gasteiger partial charge in [-0.05, 0) is 55.7 Å². The van der Waals surface area contributed by atoms with Gasteiger partial charge in [-0.15, -0.1) is 0 Å². The molecule has 1 heterocycles. The number of benzene rings is 1. The lowest BCUT2D eigenvalue weighted by Gasteiger charge is -2.34. The van der Waals surface area contributed by atoms with Gasteiger partial charge in [0.25, 0.3) is 0 Å². The van der Waals surface area contributed by atoms with Gasteiger partial charge in [-0.1, -0.05) is 6.07 Å². The molecule has 1 aromatic rings. The molecule has 1 saturated carbocycles. The van der Waals surface area contributed by atoms with Crippen molar-refractivity contribution in [2.75, 3.05) is 24.6 Å². The first-order valence-electron chi connectivity index (χ1n) is 8.14. The first kappa shape index (κ1) is 14.8. The van der Waals surface area contributed by atoms with Crippen LogP contribution in [0.5, 0.6) is 0 Å². The molecule has 0 radical (unpaired) electrons. The summed E-state index contributed by atoms with van der Waals surface area (Å²) in [6.45, 7) is 2.76. The summed E-state index contributed by atoms with van der Waals surface area (Å²) in [5.74, 6) is 0.370. The van der Waals surface area contributed by atoms with E-state index in [1.807, 2.05) is 12.1 Å². The molecule has 0 spiro atoms. The van der Waals surface area contributed by atoms with Crippen molar-refractivity contribution in [3.05, 3.63) is 29.6 Å². The van der Waals surface area contributed by atoms with E-state index in [1.54, 1.807) is 6.07 Å². The van der Waals surface area contributed by atoms with Crippen LogP contribution in [0.4, 0.5) is 10.1 Å². The van der Waals surface area contributed by atoms with Crippen LogP contribution in [0, 0.1) is 11.7 Å². The summed E-state index contributed by atoms with van der Waals surface area (Å²) in [5, 5.41) is 12.5. The third kappa shape index (κ3) is 3.95. The lowest BCUT2D eigenvalue weighted by atomic mass is 9.94. The first-order valence-corrected chi connectivity index (χ1v) is 8.14. The van der Waals surface area contributed by atoms with E-state index in [9.17, 15) is 4.39 Å². The van der Waals surface area contributed by atoms with Gasteiger partial charge in [0.05, 0.1) is 5.69 Å². The summed E-state index contributed by atoms with van der Waals surface area (Å²) in [6, 6.07) is 6.26. The number of aliphatic hydroxyl groups is 1. The highest BCUT2D eigenvalue weighted by Crippen LogP contribution is 2.28. The molecule has 4 heteroatoms. The molecule has 116 valence electrons. The quantitative estimate of drug-likeness (QED) is 0.846. The van der Waals surface area contributed by atoms with E-state index >= 15 is 0 Å². The fourth-order valence-corrected chi connectivity index (χ4v) is 3.17. The lowest BCUT2D eigenvalue weighted by molar-refractivity contribution is 0.244. The Labute approximate surface area is 126 Å². The summed E-state index contributed by atoms with van der Waals surface area (Å²) in [5.41, 5.74) is 1.74. The van der Waals surface area contributed by atoms with E-state index < -0.39 is 0 Å². The third-order valence-electron chi connectivity index (χ3n) is 4.58. The average molecular weight is 292 g/mol. The van der Waals surface area contributed by atoms with Crippen molar-refractivity contribution in [3.8, 4) is 0 Å². The summed E-state index contributed by atoms with van der Waals surface area (Å²) in [4.78, 5) is 2.14. The number of halogens is 1. The van der Waals surface area contributed by atoms with Crippen molar-refractivity contribution in [1.29, 1.82) is 0 Å². The Balaban J connectivity index is 1.63. The number of piperidine rings is 1. The molecule has 1 aliphatic carbocycles. The molecule has 21 heavy (non-hydrogen) atoms. The maximum atomic E-state index is 14.4. The number of hydrogen-bond donors (Lipinski definition) is 2. The maximum absolute atomic E-state index is 14.4. The molecule has 1 aromatic carbocycles. The van der Waals surface area contributed by atoms with Gasteiger partial charge in [-0.2, -0.15) is 0 Å². The molecule has 2 aliphatic rings. The first-order chi connectivity index (χ1) is 10.3. The minimum Gasteiger partial charge on any atom is -0.396 e. The van der Waals surface area contributed by atoms with Crippen LogP contribution in [0.2, 0.25) is 0 Å². The van der Waals surface area contributed by atoms with Gasteiger partial charge >= 0.3 is 0 Å². The van der Waals surface area contributed by atoms with Crippen LogP contribution in [0.15, 0.2) is 18.2 Å². The molecule has 2 fully saturated rings. The highest BCUT2D eigenvalue weighted by molar-refractivity contribution is 5.49. The van der Waals surface area contributed by atoms with Gasteiger partial charge in [-0.25, -0.2) is 4.39 Å². The number of nitrogens with zero attached hydrogens (tertiary/aromatic N) is 1. The largest absolute Gasteiger partial charge is 0.396 e. The van der Waals surface area contributed by atoms with Gasteiger partial charge in [0.1, 0.15) is 5.82 Å². The van der Waals surface area contributed by atoms with Crippen LogP contribution < -0.4 is 10.2 Å². The Kier molecular flexibility index (Phi) is 4.76. The standard InChI is InChI=1S/C17H25FN2O/c18-16-10-14(11-19-15-4-5-15)3-6-17(16)20-8-1-2-13(12-20)7-9-21/h3,6,10,13,15,19,21H,1-2,4-5,7-9,11-12H2. The second-order valence-electron chi connectivity index (χ2n) is 6.41. The molecule has 3 nitrogen and oxygen atoms in total. The van der Waals surface area contributed by atoms with Crippen LogP contribution in [-0.4, -0.2) is 30.8 Å². The minimum atomic E-state index is -0.116. The third-order valence-corrected chi connectivity index (χ3v) is 4.58. The average Bonchev–Trinajstić information content (AvgIpc) is 3.30. The molecular weight excluding hydrogens is 267 g/mol. The predicted octanol–water partition coefficient (Wildman–Crippen LogP) is 2.68. The minimum absolute atomic E-state index is 0.116. The summed E-state index contributed by atoms with van der Waals surface area (Å²) in [7, 11) is 0.